The maximum atomic E-state index is 12.1. The minimum absolute atomic E-state index is 0.232. The van der Waals surface area contributed by atoms with Crippen LogP contribution in [-0.4, -0.2) is 29.2 Å². The van der Waals surface area contributed by atoms with Crippen LogP contribution in [0.4, 0.5) is 5.69 Å². The molecule has 1 aliphatic heterocycles. The maximum absolute atomic E-state index is 12.1. The Morgan fingerprint density at radius 1 is 1.33 bits per heavy atom. The molecule has 2 heterocycles. The first-order valence-electron chi connectivity index (χ1n) is 6.83. The summed E-state index contributed by atoms with van der Waals surface area (Å²) in [5.41, 5.74) is 0.695. The molecule has 0 saturated carbocycles. The number of nitrogens with one attached hydrogen (secondary N) is 2. The molecule has 0 spiro atoms. The van der Waals surface area contributed by atoms with Crippen LogP contribution in [0.2, 0.25) is 5.02 Å². The van der Waals surface area contributed by atoms with E-state index in [0.717, 1.165) is 30.9 Å². The Hall–Kier alpha value is -1.50. The van der Waals surface area contributed by atoms with Crippen molar-refractivity contribution in [1.29, 1.82) is 0 Å². The summed E-state index contributed by atoms with van der Waals surface area (Å²) in [5.74, 6) is 0.137. The molecular formula is C14H15ClN4OS. The van der Waals surface area contributed by atoms with Crippen molar-refractivity contribution in [3.63, 3.8) is 0 Å². The molecule has 1 atom stereocenters. The monoisotopic (exact) mass is 322 g/mol. The molecule has 21 heavy (non-hydrogen) atoms. The Morgan fingerprint density at radius 2 is 2.14 bits per heavy atom. The van der Waals surface area contributed by atoms with Crippen molar-refractivity contribution in [1.82, 2.24) is 15.5 Å². The molecule has 1 aliphatic rings. The summed E-state index contributed by atoms with van der Waals surface area (Å²) in [4.78, 5) is 12.1. The molecule has 1 saturated heterocycles. The molecule has 0 aliphatic carbocycles. The van der Waals surface area contributed by atoms with E-state index in [4.69, 9.17) is 11.6 Å². The summed E-state index contributed by atoms with van der Waals surface area (Å²) < 4.78 is 0. The van der Waals surface area contributed by atoms with Crippen molar-refractivity contribution in [2.75, 3.05) is 18.4 Å². The van der Waals surface area contributed by atoms with Crippen molar-refractivity contribution in [2.24, 2.45) is 0 Å². The number of hydrogen-bond acceptors (Lipinski definition) is 5. The number of aromatic nitrogens is 2. The average molecular weight is 323 g/mol. The predicted octanol–water partition coefficient (Wildman–Crippen LogP) is 2.91. The van der Waals surface area contributed by atoms with E-state index < -0.39 is 0 Å². The first-order chi connectivity index (χ1) is 10.2. The summed E-state index contributed by atoms with van der Waals surface area (Å²) in [6, 6.07) is 6.98. The second-order valence-corrected chi connectivity index (χ2v) is 6.40. The fraction of sp³-hybridized carbons (Fsp3) is 0.357. The second kappa shape index (κ2) is 6.51. The van der Waals surface area contributed by atoms with Gasteiger partial charge in [0.05, 0.1) is 0 Å². The van der Waals surface area contributed by atoms with Gasteiger partial charge in [-0.2, -0.15) is 0 Å². The van der Waals surface area contributed by atoms with E-state index in [0.29, 0.717) is 21.6 Å². The number of rotatable bonds is 3. The number of nitrogens with zero attached hydrogens (tertiary/aromatic N) is 2. The molecule has 1 amide bonds. The largest absolute Gasteiger partial charge is 0.320 e. The van der Waals surface area contributed by atoms with E-state index >= 15 is 0 Å². The fourth-order valence-corrected chi connectivity index (χ4v) is 3.27. The van der Waals surface area contributed by atoms with Crippen LogP contribution in [-0.2, 0) is 0 Å². The highest BCUT2D eigenvalue weighted by Crippen LogP contribution is 2.26. The average Bonchev–Trinajstić information content (AvgIpc) is 3.00. The standard InChI is InChI=1S/C14H15ClN4OS/c15-10-3-5-11(6-4-10)17-12(20)14-19-18-13(21-14)9-2-1-7-16-8-9/h3-6,9,16H,1-2,7-8H2,(H,17,20). The number of amides is 1. The molecule has 1 aromatic heterocycles. The van der Waals surface area contributed by atoms with Gasteiger partial charge in [0.25, 0.3) is 5.91 Å². The molecule has 1 fully saturated rings. The van der Waals surface area contributed by atoms with Crippen molar-refractivity contribution in [2.45, 2.75) is 18.8 Å². The van der Waals surface area contributed by atoms with E-state index in [-0.39, 0.29) is 5.91 Å². The van der Waals surface area contributed by atoms with Crippen LogP contribution in [0.15, 0.2) is 24.3 Å². The number of carbonyl (C=O) groups is 1. The van der Waals surface area contributed by atoms with E-state index in [1.54, 1.807) is 24.3 Å². The predicted molar refractivity (Wildman–Crippen MR) is 84.2 cm³/mol. The van der Waals surface area contributed by atoms with E-state index in [1.165, 1.54) is 11.3 Å². The highest BCUT2D eigenvalue weighted by molar-refractivity contribution is 7.13. The molecule has 0 bridgehead atoms. The normalized spacial score (nSPS) is 18.4. The quantitative estimate of drug-likeness (QED) is 0.911. The smallest absolute Gasteiger partial charge is 0.286 e. The van der Waals surface area contributed by atoms with Gasteiger partial charge in [-0.15, -0.1) is 10.2 Å². The van der Waals surface area contributed by atoms with Crippen LogP contribution >= 0.6 is 22.9 Å². The van der Waals surface area contributed by atoms with Gasteiger partial charge >= 0.3 is 0 Å². The topological polar surface area (TPSA) is 66.9 Å². The lowest BCUT2D eigenvalue weighted by molar-refractivity contribution is 0.102. The van der Waals surface area contributed by atoms with Gasteiger partial charge in [-0.3, -0.25) is 4.79 Å². The number of hydrogen-bond donors (Lipinski definition) is 2. The third kappa shape index (κ3) is 3.58. The summed E-state index contributed by atoms with van der Waals surface area (Å²) in [6.45, 7) is 1.96. The maximum Gasteiger partial charge on any atom is 0.286 e. The Balaban J connectivity index is 1.67. The van der Waals surface area contributed by atoms with Gasteiger partial charge in [0, 0.05) is 23.2 Å². The molecular weight excluding hydrogens is 308 g/mol. The van der Waals surface area contributed by atoms with Gasteiger partial charge in [-0.25, -0.2) is 0 Å². The highest BCUT2D eigenvalue weighted by Gasteiger charge is 2.21. The van der Waals surface area contributed by atoms with Gasteiger partial charge in [0.1, 0.15) is 5.01 Å². The molecule has 2 N–H and O–H groups in total. The van der Waals surface area contributed by atoms with Gasteiger partial charge < -0.3 is 10.6 Å². The first-order valence-corrected chi connectivity index (χ1v) is 8.03. The number of piperidine rings is 1. The van der Waals surface area contributed by atoms with E-state index in [9.17, 15) is 4.79 Å². The van der Waals surface area contributed by atoms with E-state index in [2.05, 4.69) is 20.8 Å². The Bertz CT molecular complexity index is 622. The van der Waals surface area contributed by atoms with Crippen LogP contribution in [0.1, 0.15) is 33.6 Å². The lowest BCUT2D eigenvalue weighted by Gasteiger charge is -2.19. The molecule has 7 heteroatoms. The van der Waals surface area contributed by atoms with Crippen molar-refractivity contribution >= 4 is 34.5 Å². The van der Waals surface area contributed by atoms with E-state index in [1.807, 2.05) is 0 Å². The zero-order valence-electron chi connectivity index (χ0n) is 11.3. The minimum Gasteiger partial charge on any atom is -0.320 e. The molecule has 5 nitrogen and oxygen atoms in total. The lowest BCUT2D eigenvalue weighted by atomic mass is 10.0. The first kappa shape index (κ1) is 14.4. The number of anilines is 1. The number of carbonyl (C=O) groups excluding carboxylic acids is 1. The van der Waals surface area contributed by atoms with Crippen LogP contribution in [0.25, 0.3) is 0 Å². The lowest BCUT2D eigenvalue weighted by Crippen LogP contribution is -2.28. The van der Waals surface area contributed by atoms with Gasteiger partial charge in [0.2, 0.25) is 5.01 Å². The fourth-order valence-electron chi connectivity index (χ4n) is 2.27. The summed E-state index contributed by atoms with van der Waals surface area (Å²) in [7, 11) is 0. The molecule has 110 valence electrons. The second-order valence-electron chi connectivity index (χ2n) is 4.95. The number of benzene rings is 1. The van der Waals surface area contributed by atoms with Crippen LogP contribution in [0.3, 0.4) is 0 Å². The molecule has 0 radical (unpaired) electrons. The molecule has 1 unspecified atom stereocenters. The molecule has 2 aromatic rings. The van der Waals surface area contributed by atoms with Crippen LogP contribution < -0.4 is 10.6 Å². The summed E-state index contributed by atoms with van der Waals surface area (Å²) in [6.07, 6.45) is 2.23. The van der Waals surface area contributed by atoms with Crippen LogP contribution in [0, 0.1) is 0 Å². The van der Waals surface area contributed by atoms with Crippen molar-refractivity contribution in [3.8, 4) is 0 Å². The molecule has 3 rings (SSSR count). The van der Waals surface area contributed by atoms with Gasteiger partial charge in [-0.1, -0.05) is 22.9 Å². The van der Waals surface area contributed by atoms with Crippen LogP contribution in [0.5, 0.6) is 0 Å². The highest BCUT2D eigenvalue weighted by atomic mass is 35.5. The van der Waals surface area contributed by atoms with Crippen molar-refractivity contribution in [3.05, 3.63) is 39.3 Å². The molecule has 1 aromatic carbocycles. The van der Waals surface area contributed by atoms with Crippen molar-refractivity contribution < 1.29 is 4.79 Å². The Kier molecular flexibility index (Phi) is 4.48. The zero-order chi connectivity index (χ0) is 14.7. The summed E-state index contributed by atoms with van der Waals surface area (Å²) in [5, 5.41) is 16.3. The SMILES string of the molecule is O=C(Nc1ccc(Cl)cc1)c1nnc(C2CCCNC2)s1. The summed E-state index contributed by atoms with van der Waals surface area (Å²) >= 11 is 7.19. The third-order valence-electron chi connectivity index (χ3n) is 3.38. The van der Waals surface area contributed by atoms with Gasteiger partial charge in [0.15, 0.2) is 0 Å². The Labute approximate surface area is 131 Å². The third-order valence-corrected chi connectivity index (χ3v) is 4.72. The minimum atomic E-state index is -0.232. The van der Waals surface area contributed by atoms with Gasteiger partial charge in [-0.05, 0) is 43.7 Å². The zero-order valence-corrected chi connectivity index (χ0v) is 12.9. The Morgan fingerprint density at radius 3 is 2.86 bits per heavy atom. The number of halogens is 1.